The van der Waals surface area contributed by atoms with Crippen molar-refractivity contribution < 1.29 is 37.3 Å². The van der Waals surface area contributed by atoms with Crippen LogP contribution < -0.4 is 10.1 Å². The molecule has 1 aliphatic carbocycles. The van der Waals surface area contributed by atoms with Crippen LogP contribution in [0.5, 0.6) is 5.75 Å². The van der Waals surface area contributed by atoms with Gasteiger partial charge in [-0.2, -0.15) is 0 Å². The minimum Gasteiger partial charge on any atom is -0.478 e. The van der Waals surface area contributed by atoms with Gasteiger partial charge >= 0.3 is 18.4 Å². The van der Waals surface area contributed by atoms with Crippen molar-refractivity contribution in [3.05, 3.63) is 83.4 Å². The molecule has 0 saturated heterocycles. The third-order valence-corrected chi connectivity index (χ3v) is 5.04. The summed E-state index contributed by atoms with van der Waals surface area (Å²) < 4.78 is 46.5. The summed E-state index contributed by atoms with van der Waals surface area (Å²) in [6, 6.07) is 17.9. The molecule has 0 radical (unpaired) electrons. The van der Waals surface area contributed by atoms with Crippen LogP contribution in [-0.2, 0) is 4.74 Å². The molecule has 0 fully saturated rings. The van der Waals surface area contributed by atoms with Crippen molar-refractivity contribution in [3.8, 4) is 16.9 Å². The lowest BCUT2D eigenvalue weighted by atomic mass is 9.98. The quantitative estimate of drug-likeness (QED) is 0.533. The molecule has 4 rings (SSSR count). The van der Waals surface area contributed by atoms with Crippen LogP contribution in [0.2, 0.25) is 0 Å². The summed E-state index contributed by atoms with van der Waals surface area (Å²) in [6.07, 6.45) is -5.97. The Morgan fingerprint density at radius 2 is 1.53 bits per heavy atom. The molecule has 0 aliphatic heterocycles. The standard InChI is InChI=1S/C23H16F3NO5/c24-23(25,26)32-13-9-10-18(21(28)29)20(11-13)27-22(30)31-12-19-16-7-3-1-5-14(16)15-6-2-4-8-17(15)19/h1-11,19H,12H2,(H,27,30)(H,28,29). The van der Waals surface area contributed by atoms with Crippen molar-refractivity contribution in [3.63, 3.8) is 0 Å². The van der Waals surface area contributed by atoms with E-state index in [1.54, 1.807) is 0 Å². The second-order valence-electron chi connectivity index (χ2n) is 7.01. The van der Waals surface area contributed by atoms with Gasteiger partial charge in [-0.1, -0.05) is 48.5 Å². The predicted molar refractivity (Wildman–Crippen MR) is 109 cm³/mol. The van der Waals surface area contributed by atoms with Crippen LogP contribution >= 0.6 is 0 Å². The summed E-state index contributed by atoms with van der Waals surface area (Å²) in [5.41, 5.74) is 3.23. The zero-order valence-electron chi connectivity index (χ0n) is 16.3. The third-order valence-electron chi connectivity index (χ3n) is 5.04. The van der Waals surface area contributed by atoms with Crippen LogP contribution in [0.25, 0.3) is 11.1 Å². The molecule has 2 N–H and O–H groups in total. The summed E-state index contributed by atoms with van der Waals surface area (Å²) in [5.74, 6) is -2.33. The van der Waals surface area contributed by atoms with Crippen molar-refractivity contribution in [1.29, 1.82) is 0 Å². The number of fused-ring (bicyclic) bond motifs is 3. The Hall–Kier alpha value is -4.01. The number of carbonyl (C=O) groups is 2. The van der Waals surface area contributed by atoms with Gasteiger partial charge in [0, 0.05) is 12.0 Å². The SMILES string of the molecule is O=C(Nc1cc(OC(F)(F)F)ccc1C(=O)O)OCC1c2ccccc2-c2ccccc21. The Balaban J connectivity index is 1.51. The Morgan fingerprint density at radius 1 is 0.938 bits per heavy atom. The van der Waals surface area contributed by atoms with Crippen molar-refractivity contribution >= 4 is 17.7 Å². The first-order valence-electron chi connectivity index (χ1n) is 9.48. The highest BCUT2D eigenvalue weighted by Crippen LogP contribution is 2.44. The average molecular weight is 443 g/mol. The van der Waals surface area contributed by atoms with E-state index in [0.717, 1.165) is 40.5 Å². The van der Waals surface area contributed by atoms with Gasteiger partial charge in [0.05, 0.1) is 11.3 Å². The largest absolute Gasteiger partial charge is 0.573 e. The first kappa shape index (κ1) is 21.2. The van der Waals surface area contributed by atoms with E-state index in [1.165, 1.54) is 0 Å². The number of anilines is 1. The van der Waals surface area contributed by atoms with Gasteiger partial charge in [-0.25, -0.2) is 9.59 Å². The second-order valence-corrected chi connectivity index (χ2v) is 7.01. The number of ether oxygens (including phenoxy) is 2. The number of hydrogen-bond donors (Lipinski definition) is 2. The molecular weight excluding hydrogens is 427 g/mol. The van der Waals surface area contributed by atoms with Gasteiger partial charge in [0.2, 0.25) is 0 Å². The number of nitrogens with one attached hydrogen (secondary N) is 1. The Bertz CT molecular complexity index is 1150. The molecule has 0 atom stereocenters. The molecule has 1 aliphatic rings. The lowest BCUT2D eigenvalue weighted by molar-refractivity contribution is -0.274. The highest BCUT2D eigenvalue weighted by Gasteiger charge is 2.32. The van der Waals surface area contributed by atoms with E-state index in [-0.39, 0.29) is 18.2 Å². The van der Waals surface area contributed by atoms with Gasteiger partial charge in [0.1, 0.15) is 12.4 Å². The lowest BCUT2D eigenvalue weighted by Crippen LogP contribution is -2.20. The van der Waals surface area contributed by atoms with E-state index in [9.17, 15) is 27.9 Å². The molecule has 0 unspecified atom stereocenters. The summed E-state index contributed by atoms with van der Waals surface area (Å²) in [6.45, 7) is -0.0407. The zero-order valence-corrected chi connectivity index (χ0v) is 16.3. The number of rotatable bonds is 5. The summed E-state index contributed by atoms with van der Waals surface area (Å²) >= 11 is 0. The third kappa shape index (κ3) is 4.36. The van der Waals surface area contributed by atoms with E-state index < -0.39 is 29.7 Å². The Labute approximate surface area is 180 Å². The average Bonchev–Trinajstić information content (AvgIpc) is 3.05. The van der Waals surface area contributed by atoms with Gasteiger partial charge in [-0.05, 0) is 34.4 Å². The zero-order chi connectivity index (χ0) is 22.9. The number of alkyl halides is 3. The van der Waals surface area contributed by atoms with Crippen LogP contribution in [0, 0.1) is 0 Å². The van der Waals surface area contributed by atoms with Crippen LogP contribution in [0.1, 0.15) is 27.4 Å². The van der Waals surface area contributed by atoms with E-state index in [4.69, 9.17) is 4.74 Å². The van der Waals surface area contributed by atoms with E-state index >= 15 is 0 Å². The molecule has 1 amide bonds. The second kappa shape index (κ2) is 8.26. The number of carbonyl (C=O) groups excluding carboxylic acids is 1. The summed E-state index contributed by atoms with van der Waals surface area (Å²) in [4.78, 5) is 23.8. The number of aromatic carboxylic acids is 1. The van der Waals surface area contributed by atoms with Crippen molar-refractivity contribution in [1.82, 2.24) is 0 Å². The number of carboxylic acids is 1. The predicted octanol–water partition coefficient (Wildman–Crippen LogP) is 5.64. The van der Waals surface area contributed by atoms with Gasteiger partial charge in [0.25, 0.3) is 0 Å². The van der Waals surface area contributed by atoms with Gasteiger partial charge in [-0.3, -0.25) is 5.32 Å². The molecule has 6 nitrogen and oxygen atoms in total. The molecule has 0 heterocycles. The maximum absolute atomic E-state index is 12.5. The smallest absolute Gasteiger partial charge is 0.478 e. The number of halogens is 3. The molecule has 9 heteroatoms. The molecule has 3 aromatic carbocycles. The van der Waals surface area contributed by atoms with Crippen molar-refractivity contribution in [2.75, 3.05) is 11.9 Å². The molecule has 0 saturated carbocycles. The number of benzene rings is 3. The first-order valence-corrected chi connectivity index (χ1v) is 9.48. The van der Waals surface area contributed by atoms with Crippen LogP contribution in [0.15, 0.2) is 66.7 Å². The highest BCUT2D eigenvalue weighted by molar-refractivity contribution is 5.99. The van der Waals surface area contributed by atoms with Crippen molar-refractivity contribution in [2.45, 2.75) is 12.3 Å². The fourth-order valence-electron chi connectivity index (χ4n) is 3.75. The topological polar surface area (TPSA) is 84.9 Å². The summed E-state index contributed by atoms with van der Waals surface area (Å²) in [5, 5.41) is 11.5. The Morgan fingerprint density at radius 3 is 2.09 bits per heavy atom. The highest BCUT2D eigenvalue weighted by atomic mass is 19.4. The molecule has 0 bridgehead atoms. The van der Waals surface area contributed by atoms with Crippen molar-refractivity contribution in [2.24, 2.45) is 0 Å². The number of hydrogen-bond acceptors (Lipinski definition) is 4. The van der Waals surface area contributed by atoms with Crippen LogP contribution in [0.4, 0.5) is 23.7 Å². The van der Waals surface area contributed by atoms with Gasteiger partial charge < -0.3 is 14.6 Å². The minimum absolute atomic E-state index is 0.0407. The molecule has 32 heavy (non-hydrogen) atoms. The summed E-state index contributed by atoms with van der Waals surface area (Å²) in [7, 11) is 0. The Kier molecular flexibility index (Phi) is 5.48. The monoisotopic (exact) mass is 443 g/mol. The maximum atomic E-state index is 12.5. The molecular formula is C23H16F3NO5. The minimum atomic E-state index is -4.97. The van der Waals surface area contributed by atoms with Crippen LogP contribution in [0.3, 0.4) is 0 Å². The fraction of sp³-hybridized carbons (Fsp3) is 0.130. The molecule has 0 spiro atoms. The molecule has 164 valence electrons. The van der Waals surface area contributed by atoms with Gasteiger partial charge in [0.15, 0.2) is 0 Å². The van der Waals surface area contributed by atoms with E-state index in [0.29, 0.717) is 0 Å². The fourth-order valence-corrected chi connectivity index (χ4v) is 3.75. The molecule has 0 aromatic heterocycles. The van der Waals surface area contributed by atoms with E-state index in [1.807, 2.05) is 48.5 Å². The lowest BCUT2D eigenvalue weighted by Gasteiger charge is -2.16. The normalized spacial score (nSPS) is 12.6. The molecule has 3 aromatic rings. The van der Waals surface area contributed by atoms with E-state index in [2.05, 4.69) is 10.1 Å². The number of amides is 1. The first-order chi connectivity index (χ1) is 15.2. The van der Waals surface area contributed by atoms with Crippen LogP contribution in [-0.4, -0.2) is 30.1 Å². The van der Waals surface area contributed by atoms with Gasteiger partial charge in [-0.15, -0.1) is 13.2 Å². The maximum Gasteiger partial charge on any atom is 0.573 e. The number of carboxylic acid groups (broad SMARTS) is 1.